The Balaban J connectivity index is 0.00000162. The second kappa shape index (κ2) is 6.71. The van der Waals surface area contributed by atoms with Gasteiger partial charge in [0, 0.05) is 11.8 Å². The standard InChI is InChI=1S/C13H14N2O2.ClH/c14-13(15-16)8-9-17-12-7-3-5-10-4-1-2-6-11(10)12;/h1-7,16H,8-9H2,(H2,14,15);1H. The molecule has 0 saturated heterocycles. The molecule has 0 aliphatic carbocycles. The summed E-state index contributed by atoms with van der Waals surface area (Å²) in [6.07, 6.45) is 0.403. The van der Waals surface area contributed by atoms with Gasteiger partial charge in [0.1, 0.15) is 11.6 Å². The minimum atomic E-state index is 0. The quantitative estimate of drug-likeness (QED) is 0.387. The Morgan fingerprint density at radius 3 is 2.67 bits per heavy atom. The smallest absolute Gasteiger partial charge is 0.142 e. The largest absolute Gasteiger partial charge is 0.492 e. The fourth-order valence-corrected chi connectivity index (χ4v) is 1.64. The Morgan fingerprint density at radius 1 is 1.17 bits per heavy atom. The van der Waals surface area contributed by atoms with Crippen molar-refractivity contribution >= 4 is 29.0 Å². The number of hydrogen-bond acceptors (Lipinski definition) is 3. The number of rotatable bonds is 4. The highest BCUT2D eigenvalue weighted by molar-refractivity contribution is 5.88. The van der Waals surface area contributed by atoms with E-state index in [0.717, 1.165) is 16.5 Å². The molecule has 0 unspecified atom stereocenters. The molecule has 0 heterocycles. The summed E-state index contributed by atoms with van der Waals surface area (Å²) in [5.74, 6) is 0.985. The molecule has 0 aliphatic heterocycles. The SMILES string of the molecule is Cl.NC(CCOc1cccc2ccccc12)=NO. The van der Waals surface area contributed by atoms with Crippen LogP contribution in [-0.2, 0) is 0 Å². The molecule has 4 nitrogen and oxygen atoms in total. The van der Waals surface area contributed by atoms with Crippen molar-refractivity contribution in [3.63, 3.8) is 0 Å². The van der Waals surface area contributed by atoms with Crippen molar-refractivity contribution in [2.24, 2.45) is 10.9 Å². The van der Waals surface area contributed by atoms with Crippen LogP contribution in [0.2, 0.25) is 0 Å². The summed E-state index contributed by atoms with van der Waals surface area (Å²) in [5, 5.41) is 13.5. The van der Waals surface area contributed by atoms with Crippen LogP contribution in [0.15, 0.2) is 47.6 Å². The topological polar surface area (TPSA) is 67.8 Å². The molecule has 2 aromatic rings. The highest BCUT2D eigenvalue weighted by Crippen LogP contribution is 2.25. The number of halogens is 1. The molecule has 2 aromatic carbocycles. The lowest BCUT2D eigenvalue weighted by atomic mass is 10.1. The zero-order valence-corrected chi connectivity index (χ0v) is 10.6. The molecular formula is C13H15ClN2O2. The molecule has 18 heavy (non-hydrogen) atoms. The maximum Gasteiger partial charge on any atom is 0.142 e. The molecule has 0 aromatic heterocycles. The summed E-state index contributed by atoms with van der Waals surface area (Å²) in [5.41, 5.74) is 5.37. The number of ether oxygens (including phenoxy) is 1. The van der Waals surface area contributed by atoms with Crippen molar-refractivity contribution in [2.75, 3.05) is 6.61 Å². The number of benzene rings is 2. The van der Waals surface area contributed by atoms with Gasteiger partial charge in [-0.2, -0.15) is 0 Å². The van der Waals surface area contributed by atoms with Gasteiger partial charge in [-0.3, -0.25) is 0 Å². The van der Waals surface area contributed by atoms with E-state index < -0.39 is 0 Å². The van der Waals surface area contributed by atoms with E-state index in [2.05, 4.69) is 5.16 Å². The lowest BCUT2D eigenvalue weighted by Gasteiger charge is -2.08. The summed E-state index contributed by atoms with van der Waals surface area (Å²) in [7, 11) is 0. The third kappa shape index (κ3) is 3.28. The first-order valence-electron chi connectivity index (χ1n) is 5.38. The monoisotopic (exact) mass is 266 g/mol. The summed E-state index contributed by atoms with van der Waals surface area (Å²) < 4.78 is 5.62. The number of nitrogens with two attached hydrogens (primary N) is 1. The highest BCUT2D eigenvalue weighted by Gasteiger charge is 2.01. The minimum absolute atomic E-state index is 0. The van der Waals surface area contributed by atoms with Crippen molar-refractivity contribution in [3.8, 4) is 5.75 Å². The predicted octanol–water partition coefficient (Wildman–Crippen LogP) is 2.78. The van der Waals surface area contributed by atoms with E-state index in [1.54, 1.807) is 0 Å². The Morgan fingerprint density at radius 2 is 1.89 bits per heavy atom. The molecule has 96 valence electrons. The van der Waals surface area contributed by atoms with Crippen LogP contribution in [0.4, 0.5) is 0 Å². The van der Waals surface area contributed by atoms with E-state index in [1.165, 1.54) is 0 Å². The van der Waals surface area contributed by atoms with E-state index >= 15 is 0 Å². The Kier molecular flexibility index (Phi) is 5.27. The van der Waals surface area contributed by atoms with Crippen LogP contribution in [-0.4, -0.2) is 17.6 Å². The molecule has 0 spiro atoms. The van der Waals surface area contributed by atoms with Gasteiger partial charge < -0.3 is 15.7 Å². The van der Waals surface area contributed by atoms with Gasteiger partial charge in [-0.15, -0.1) is 12.4 Å². The minimum Gasteiger partial charge on any atom is -0.492 e. The van der Waals surface area contributed by atoms with Crippen LogP contribution in [0.25, 0.3) is 10.8 Å². The number of oxime groups is 1. The highest BCUT2D eigenvalue weighted by atomic mass is 35.5. The lowest BCUT2D eigenvalue weighted by Crippen LogP contribution is -2.15. The summed E-state index contributed by atoms with van der Waals surface area (Å²) in [4.78, 5) is 0. The van der Waals surface area contributed by atoms with Crippen LogP contribution in [0.5, 0.6) is 5.75 Å². The zero-order chi connectivity index (χ0) is 12.1. The van der Waals surface area contributed by atoms with E-state index in [4.69, 9.17) is 15.7 Å². The molecule has 0 radical (unpaired) electrons. The van der Waals surface area contributed by atoms with Gasteiger partial charge in [-0.1, -0.05) is 41.6 Å². The van der Waals surface area contributed by atoms with E-state index in [-0.39, 0.29) is 18.2 Å². The van der Waals surface area contributed by atoms with Crippen molar-refractivity contribution in [3.05, 3.63) is 42.5 Å². The molecule has 0 bridgehead atoms. The fourth-order valence-electron chi connectivity index (χ4n) is 1.64. The molecule has 0 aliphatic rings. The van der Waals surface area contributed by atoms with Gasteiger partial charge in [0.05, 0.1) is 6.61 Å². The number of amidine groups is 1. The first-order chi connectivity index (χ1) is 8.31. The Bertz CT molecular complexity index is 538. The van der Waals surface area contributed by atoms with Gasteiger partial charge >= 0.3 is 0 Å². The van der Waals surface area contributed by atoms with Crippen LogP contribution in [0.3, 0.4) is 0 Å². The zero-order valence-electron chi connectivity index (χ0n) is 9.74. The van der Waals surface area contributed by atoms with Gasteiger partial charge in [-0.25, -0.2) is 0 Å². The summed E-state index contributed by atoms with van der Waals surface area (Å²) >= 11 is 0. The van der Waals surface area contributed by atoms with Gasteiger partial charge in [0.25, 0.3) is 0 Å². The van der Waals surface area contributed by atoms with Crippen molar-refractivity contribution in [1.82, 2.24) is 0 Å². The second-order valence-electron chi connectivity index (χ2n) is 3.67. The van der Waals surface area contributed by atoms with Crippen LogP contribution < -0.4 is 10.5 Å². The normalized spacial score (nSPS) is 11.0. The van der Waals surface area contributed by atoms with E-state index in [0.29, 0.717) is 13.0 Å². The number of fused-ring (bicyclic) bond motifs is 1. The molecule has 0 amide bonds. The third-order valence-electron chi connectivity index (χ3n) is 2.49. The average molecular weight is 267 g/mol. The van der Waals surface area contributed by atoms with Crippen molar-refractivity contribution < 1.29 is 9.94 Å². The first kappa shape index (κ1) is 14.1. The predicted molar refractivity (Wildman–Crippen MR) is 74.7 cm³/mol. The fraction of sp³-hybridized carbons (Fsp3) is 0.154. The van der Waals surface area contributed by atoms with E-state index in [1.807, 2.05) is 42.5 Å². The molecule has 0 saturated carbocycles. The molecule has 0 fully saturated rings. The number of hydrogen-bond donors (Lipinski definition) is 2. The van der Waals surface area contributed by atoms with Crippen LogP contribution in [0.1, 0.15) is 6.42 Å². The van der Waals surface area contributed by atoms with Crippen molar-refractivity contribution in [2.45, 2.75) is 6.42 Å². The maximum atomic E-state index is 8.41. The molecule has 2 rings (SSSR count). The lowest BCUT2D eigenvalue weighted by molar-refractivity contribution is 0.307. The molecule has 5 heteroatoms. The van der Waals surface area contributed by atoms with Crippen molar-refractivity contribution in [1.29, 1.82) is 0 Å². The maximum absolute atomic E-state index is 8.41. The molecular weight excluding hydrogens is 252 g/mol. The summed E-state index contributed by atoms with van der Waals surface area (Å²) in [6.45, 7) is 0.393. The molecule has 3 N–H and O–H groups in total. The second-order valence-corrected chi connectivity index (χ2v) is 3.67. The Labute approximate surface area is 111 Å². The Hall–Kier alpha value is -1.94. The molecule has 0 atom stereocenters. The van der Waals surface area contributed by atoms with Gasteiger partial charge in [0.15, 0.2) is 0 Å². The van der Waals surface area contributed by atoms with E-state index in [9.17, 15) is 0 Å². The van der Waals surface area contributed by atoms with Crippen LogP contribution >= 0.6 is 12.4 Å². The number of nitrogens with zero attached hydrogens (tertiary/aromatic N) is 1. The van der Waals surface area contributed by atoms with Gasteiger partial charge in [0.2, 0.25) is 0 Å². The summed E-state index contributed by atoms with van der Waals surface area (Å²) in [6, 6.07) is 13.9. The average Bonchev–Trinajstić information content (AvgIpc) is 2.39. The third-order valence-corrected chi connectivity index (χ3v) is 2.49. The van der Waals surface area contributed by atoms with Crippen LogP contribution in [0, 0.1) is 0 Å². The first-order valence-corrected chi connectivity index (χ1v) is 5.38. The van der Waals surface area contributed by atoms with Gasteiger partial charge in [-0.05, 0) is 11.5 Å².